The van der Waals surface area contributed by atoms with Crippen molar-refractivity contribution in [1.29, 1.82) is 0 Å². The number of hydrogen-bond donors (Lipinski definition) is 1. The fraction of sp³-hybridized carbons (Fsp3) is 0.333. The maximum Gasteiger partial charge on any atom is 0.124 e. The molecule has 0 fully saturated rings. The minimum Gasteiger partial charge on any atom is -0.496 e. The van der Waals surface area contributed by atoms with Gasteiger partial charge in [0.2, 0.25) is 0 Å². The quantitative estimate of drug-likeness (QED) is 0.746. The van der Waals surface area contributed by atoms with Gasteiger partial charge >= 0.3 is 0 Å². The number of aliphatic hydroxyl groups is 1. The minimum absolute atomic E-state index is 0.599. The van der Waals surface area contributed by atoms with E-state index in [0.717, 1.165) is 22.4 Å². The van der Waals surface area contributed by atoms with Gasteiger partial charge in [-0.1, -0.05) is 6.08 Å². The Kier molecular flexibility index (Phi) is 3.31. The van der Waals surface area contributed by atoms with E-state index in [1.807, 2.05) is 26.0 Å². The second-order valence-corrected chi connectivity index (χ2v) is 3.37. The zero-order valence-corrected chi connectivity index (χ0v) is 8.87. The summed E-state index contributed by atoms with van der Waals surface area (Å²) in [6.45, 7) is 7.48. The molecule has 0 aliphatic heterocycles. The Labute approximate surface area is 84.8 Å². The summed E-state index contributed by atoms with van der Waals surface area (Å²) in [7, 11) is 1.65. The van der Waals surface area contributed by atoms with Crippen LogP contribution < -0.4 is 4.74 Å². The Balaban J connectivity index is 3.20. The Hall–Kier alpha value is -1.28. The molecule has 1 N–H and O–H groups in total. The van der Waals surface area contributed by atoms with Gasteiger partial charge in [-0.05, 0) is 42.7 Å². The van der Waals surface area contributed by atoms with Crippen LogP contribution in [0.2, 0.25) is 0 Å². The lowest BCUT2D eigenvalue weighted by Gasteiger charge is -2.13. The topological polar surface area (TPSA) is 29.5 Å². The molecule has 1 unspecified atom stereocenters. The van der Waals surface area contributed by atoms with Crippen LogP contribution in [0.4, 0.5) is 0 Å². The summed E-state index contributed by atoms with van der Waals surface area (Å²) < 4.78 is 5.24. The predicted octanol–water partition coefficient (Wildman–Crippen LogP) is 2.53. The maximum absolute atomic E-state index is 9.58. The first kappa shape index (κ1) is 10.8. The number of rotatable bonds is 3. The molecule has 0 aliphatic rings. The van der Waals surface area contributed by atoms with Gasteiger partial charge in [-0.25, -0.2) is 0 Å². The van der Waals surface area contributed by atoms with E-state index in [1.54, 1.807) is 7.11 Å². The number of ether oxygens (including phenoxy) is 1. The van der Waals surface area contributed by atoms with Crippen molar-refractivity contribution in [3.05, 3.63) is 41.5 Å². The lowest BCUT2D eigenvalue weighted by atomic mass is 10.0. The molecule has 1 atom stereocenters. The average molecular weight is 192 g/mol. The molecular formula is C12H16O2. The monoisotopic (exact) mass is 192 g/mol. The number of aliphatic hydroxyl groups excluding tert-OH is 1. The van der Waals surface area contributed by atoms with Crippen molar-refractivity contribution in [2.45, 2.75) is 20.0 Å². The summed E-state index contributed by atoms with van der Waals surface area (Å²) in [5.74, 6) is 0.880. The van der Waals surface area contributed by atoms with E-state index in [9.17, 15) is 5.11 Å². The SMILES string of the molecule is C=CC(O)c1cc(C)c(OC)c(C)c1. The van der Waals surface area contributed by atoms with Crippen LogP contribution in [0.15, 0.2) is 24.8 Å². The number of methoxy groups -OCH3 is 1. The molecule has 76 valence electrons. The van der Waals surface area contributed by atoms with Crippen LogP contribution in [0.25, 0.3) is 0 Å². The fourth-order valence-electron chi connectivity index (χ4n) is 1.61. The van der Waals surface area contributed by atoms with E-state index >= 15 is 0 Å². The van der Waals surface area contributed by atoms with E-state index in [1.165, 1.54) is 6.08 Å². The predicted molar refractivity (Wildman–Crippen MR) is 57.6 cm³/mol. The van der Waals surface area contributed by atoms with Crippen molar-refractivity contribution < 1.29 is 9.84 Å². The van der Waals surface area contributed by atoms with Gasteiger partial charge in [0.05, 0.1) is 13.2 Å². The molecule has 0 bridgehead atoms. The summed E-state index contributed by atoms with van der Waals surface area (Å²) in [6, 6.07) is 3.83. The smallest absolute Gasteiger partial charge is 0.124 e. The molecular weight excluding hydrogens is 176 g/mol. The molecule has 1 aromatic carbocycles. The summed E-state index contributed by atoms with van der Waals surface area (Å²) >= 11 is 0. The van der Waals surface area contributed by atoms with Crippen molar-refractivity contribution in [2.24, 2.45) is 0 Å². The molecule has 0 aromatic heterocycles. The Bertz CT molecular complexity index is 319. The molecule has 0 radical (unpaired) electrons. The van der Waals surface area contributed by atoms with E-state index in [0.29, 0.717) is 0 Å². The van der Waals surface area contributed by atoms with Gasteiger partial charge in [0, 0.05) is 0 Å². The molecule has 2 heteroatoms. The lowest BCUT2D eigenvalue weighted by molar-refractivity contribution is 0.229. The fourth-order valence-corrected chi connectivity index (χ4v) is 1.61. The van der Waals surface area contributed by atoms with Crippen LogP contribution in [-0.2, 0) is 0 Å². The molecule has 0 saturated heterocycles. The van der Waals surface area contributed by atoms with Crippen LogP contribution in [0.5, 0.6) is 5.75 Å². The first-order valence-electron chi connectivity index (χ1n) is 4.56. The largest absolute Gasteiger partial charge is 0.496 e. The zero-order chi connectivity index (χ0) is 10.7. The summed E-state index contributed by atoms with van der Waals surface area (Å²) in [5.41, 5.74) is 2.92. The third-order valence-corrected chi connectivity index (χ3v) is 2.25. The van der Waals surface area contributed by atoms with Gasteiger partial charge in [0.1, 0.15) is 5.75 Å². The van der Waals surface area contributed by atoms with Crippen LogP contribution in [0, 0.1) is 13.8 Å². The number of aryl methyl sites for hydroxylation is 2. The second kappa shape index (κ2) is 4.29. The van der Waals surface area contributed by atoms with Gasteiger partial charge in [-0.2, -0.15) is 0 Å². The van der Waals surface area contributed by atoms with Crippen molar-refractivity contribution in [1.82, 2.24) is 0 Å². The highest BCUT2D eigenvalue weighted by Crippen LogP contribution is 2.27. The lowest BCUT2D eigenvalue weighted by Crippen LogP contribution is -1.97. The molecule has 0 spiro atoms. The highest BCUT2D eigenvalue weighted by molar-refractivity contribution is 5.44. The molecule has 0 amide bonds. The molecule has 1 rings (SSSR count). The average Bonchev–Trinajstić information content (AvgIpc) is 2.16. The van der Waals surface area contributed by atoms with E-state index in [2.05, 4.69) is 6.58 Å². The maximum atomic E-state index is 9.58. The van der Waals surface area contributed by atoms with E-state index in [4.69, 9.17) is 4.74 Å². The standard InChI is InChI=1S/C12H16O2/c1-5-11(13)10-6-8(2)12(14-4)9(3)7-10/h5-7,11,13H,1H2,2-4H3. The van der Waals surface area contributed by atoms with Crippen molar-refractivity contribution in [3.63, 3.8) is 0 Å². The van der Waals surface area contributed by atoms with Crippen molar-refractivity contribution in [3.8, 4) is 5.75 Å². The van der Waals surface area contributed by atoms with Crippen molar-refractivity contribution >= 4 is 0 Å². The first-order valence-corrected chi connectivity index (χ1v) is 4.56. The van der Waals surface area contributed by atoms with Gasteiger partial charge in [-0.15, -0.1) is 6.58 Å². The Morgan fingerprint density at radius 3 is 2.21 bits per heavy atom. The number of benzene rings is 1. The van der Waals surface area contributed by atoms with Gasteiger partial charge < -0.3 is 9.84 Å². The molecule has 14 heavy (non-hydrogen) atoms. The van der Waals surface area contributed by atoms with E-state index in [-0.39, 0.29) is 0 Å². The molecule has 0 saturated carbocycles. The van der Waals surface area contributed by atoms with Crippen molar-refractivity contribution in [2.75, 3.05) is 7.11 Å². The van der Waals surface area contributed by atoms with Gasteiger partial charge in [0.25, 0.3) is 0 Å². The first-order chi connectivity index (χ1) is 6.60. The minimum atomic E-state index is -0.599. The summed E-state index contributed by atoms with van der Waals surface area (Å²) in [6.07, 6.45) is 0.916. The van der Waals surface area contributed by atoms with Gasteiger partial charge in [-0.3, -0.25) is 0 Å². The van der Waals surface area contributed by atoms with Crippen LogP contribution in [0.3, 0.4) is 0 Å². The highest BCUT2D eigenvalue weighted by atomic mass is 16.5. The van der Waals surface area contributed by atoms with Crippen LogP contribution in [-0.4, -0.2) is 12.2 Å². The second-order valence-electron chi connectivity index (χ2n) is 3.37. The molecule has 0 heterocycles. The summed E-state index contributed by atoms with van der Waals surface area (Å²) in [4.78, 5) is 0. The number of hydrogen-bond acceptors (Lipinski definition) is 2. The third kappa shape index (κ3) is 1.96. The zero-order valence-electron chi connectivity index (χ0n) is 8.87. The highest BCUT2D eigenvalue weighted by Gasteiger charge is 2.08. The molecule has 2 nitrogen and oxygen atoms in total. The Morgan fingerprint density at radius 2 is 1.86 bits per heavy atom. The third-order valence-electron chi connectivity index (χ3n) is 2.25. The van der Waals surface area contributed by atoms with E-state index < -0.39 is 6.10 Å². The molecule has 0 aliphatic carbocycles. The summed E-state index contributed by atoms with van der Waals surface area (Å²) in [5, 5.41) is 9.58. The van der Waals surface area contributed by atoms with Crippen LogP contribution >= 0.6 is 0 Å². The normalized spacial score (nSPS) is 12.3. The molecule has 1 aromatic rings. The van der Waals surface area contributed by atoms with Crippen LogP contribution in [0.1, 0.15) is 22.8 Å². The van der Waals surface area contributed by atoms with Gasteiger partial charge in [0.15, 0.2) is 0 Å². The Morgan fingerprint density at radius 1 is 1.36 bits per heavy atom.